The van der Waals surface area contributed by atoms with Crippen LogP contribution in [0.4, 0.5) is 0 Å². The fourth-order valence-electron chi connectivity index (χ4n) is 2.47. The molecule has 1 fully saturated rings. The molecule has 0 aliphatic carbocycles. The molecule has 18 heavy (non-hydrogen) atoms. The van der Waals surface area contributed by atoms with Gasteiger partial charge in [-0.15, -0.1) is 0 Å². The van der Waals surface area contributed by atoms with Crippen LogP contribution in [-0.4, -0.2) is 38.0 Å². The van der Waals surface area contributed by atoms with Crippen molar-refractivity contribution in [1.82, 2.24) is 5.32 Å². The molecule has 1 aliphatic rings. The van der Waals surface area contributed by atoms with Crippen molar-refractivity contribution in [2.45, 2.75) is 71.7 Å². The van der Waals surface area contributed by atoms with E-state index in [-0.39, 0.29) is 0 Å². The lowest BCUT2D eigenvalue weighted by molar-refractivity contribution is -0.102. The molecule has 1 aliphatic heterocycles. The Hall–Kier alpha value is -0.120. The maximum Gasteiger partial charge on any atom is 0.0624 e. The van der Waals surface area contributed by atoms with Gasteiger partial charge in [0.1, 0.15) is 0 Å². The van der Waals surface area contributed by atoms with E-state index < -0.39 is 0 Å². The zero-order valence-electron chi connectivity index (χ0n) is 12.6. The minimum Gasteiger partial charge on any atom is -0.378 e. The van der Waals surface area contributed by atoms with Gasteiger partial charge in [0, 0.05) is 6.61 Å². The Bertz CT molecular complexity index is 199. The van der Waals surface area contributed by atoms with Crippen LogP contribution in [0.5, 0.6) is 0 Å². The third-order valence-electron chi connectivity index (χ3n) is 3.31. The average molecular weight is 257 g/mol. The molecule has 0 aromatic rings. The van der Waals surface area contributed by atoms with E-state index in [0.29, 0.717) is 18.3 Å². The third-order valence-corrected chi connectivity index (χ3v) is 3.31. The number of hydrogen-bond acceptors (Lipinski definition) is 3. The highest BCUT2D eigenvalue weighted by Crippen LogP contribution is 2.21. The van der Waals surface area contributed by atoms with Gasteiger partial charge in [-0.25, -0.2) is 0 Å². The van der Waals surface area contributed by atoms with Crippen molar-refractivity contribution in [2.24, 2.45) is 5.92 Å². The maximum absolute atomic E-state index is 5.94. The van der Waals surface area contributed by atoms with Gasteiger partial charge in [-0.1, -0.05) is 13.8 Å². The summed E-state index contributed by atoms with van der Waals surface area (Å²) >= 11 is 0. The highest BCUT2D eigenvalue weighted by molar-refractivity contribution is 4.73. The molecule has 3 heteroatoms. The molecule has 0 aromatic heterocycles. The summed E-state index contributed by atoms with van der Waals surface area (Å²) in [5.74, 6) is 0.742. The van der Waals surface area contributed by atoms with E-state index in [1.54, 1.807) is 0 Å². The molecule has 0 bridgehead atoms. The number of ether oxygens (including phenoxy) is 2. The number of nitrogens with one attached hydrogen (secondary N) is 1. The van der Waals surface area contributed by atoms with Crippen LogP contribution in [0.2, 0.25) is 0 Å². The maximum atomic E-state index is 5.94. The first kappa shape index (κ1) is 15.9. The highest BCUT2D eigenvalue weighted by atomic mass is 16.5. The molecule has 0 amide bonds. The summed E-state index contributed by atoms with van der Waals surface area (Å²) in [6.07, 6.45) is 5.59. The Kier molecular flexibility index (Phi) is 7.87. The summed E-state index contributed by atoms with van der Waals surface area (Å²) in [6, 6.07) is 0. The lowest BCUT2D eigenvalue weighted by Gasteiger charge is -2.32. The molecule has 0 saturated carbocycles. The smallest absolute Gasteiger partial charge is 0.0624 e. The zero-order valence-corrected chi connectivity index (χ0v) is 12.6. The monoisotopic (exact) mass is 257 g/mol. The molecule has 108 valence electrons. The van der Waals surface area contributed by atoms with Gasteiger partial charge in [-0.2, -0.15) is 0 Å². The first-order valence-corrected chi connectivity index (χ1v) is 7.55. The summed E-state index contributed by atoms with van der Waals surface area (Å²) in [5, 5.41) is 3.46. The first-order chi connectivity index (χ1) is 8.58. The molecule has 3 nitrogen and oxygen atoms in total. The molecule has 1 saturated heterocycles. The SMILES string of the molecule is CC(C)CNCCCCOC1CC(C)OC(C)C1. The van der Waals surface area contributed by atoms with Crippen LogP contribution in [0, 0.1) is 5.92 Å². The molecule has 1 rings (SSSR count). The fraction of sp³-hybridized carbons (Fsp3) is 1.00. The molecule has 0 radical (unpaired) electrons. The lowest BCUT2D eigenvalue weighted by Crippen LogP contribution is -2.34. The van der Waals surface area contributed by atoms with Crippen LogP contribution in [-0.2, 0) is 9.47 Å². The van der Waals surface area contributed by atoms with Crippen molar-refractivity contribution in [3.63, 3.8) is 0 Å². The van der Waals surface area contributed by atoms with Crippen LogP contribution in [0.15, 0.2) is 0 Å². The fourth-order valence-corrected chi connectivity index (χ4v) is 2.47. The van der Waals surface area contributed by atoms with Crippen LogP contribution in [0.3, 0.4) is 0 Å². The Morgan fingerprint density at radius 2 is 1.83 bits per heavy atom. The summed E-state index contributed by atoms with van der Waals surface area (Å²) in [7, 11) is 0. The zero-order chi connectivity index (χ0) is 13.4. The van der Waals surface area contributed by atoms with Crippen molar-refractivity contribution in [3.05, 3.63) is 0 Å². The van der Waals surface area contributed by atoms with Crippen LogP contribution < -0.4 is 5.32 Å². The Labute approximate surface area is 113 Å². The second-order valence-electron chi connectivity index (χ2n) is 6.03. The van der Waals surface area contributed by atoms with Crippen LogP contribution in [0.1, 0.15) is 53.4 Å². The summed E-state index contributed by atoms with van der Waals surface area (Å²) in [6.45, 7) is 11.9. The average Bonchev–Trinajstić information content (AvgIpc) is 2.26. The van der Waals surface area contributed by atoms with Crippen molar-refractivity contribution >= 4 is 0 Å². The summed E-state index contributed by atoms with van der Waals surface area (Å²) in [5.41, 5.74) is 0. The second kappa shape index (κ2) is 8.89. The van der Waals surface area contributed by atoms with E-state index in [1.165, 1.54) is 6.42 Å². The van der Waals surface area contributed by atoms with Gasteiger partial charge in [-0.05, 0) is 58.5 Å². The summed E-state index contributed by atoms with van der Waals surface area (Å²) in [4.78, 5) is 0. The van der Waals surface area contributed by atoms with Crippen molar-refractivity contribution < 1.29 is 9.47 Å². The van der Waals surface area contributed by atoms with E-state index in [4.69, 9.17) is 9.47 Å². The summed E-state index contributed by atoms with van der Waals surface area (Å²) < 4.78 is 11.7. The van der Waals surface area contributed by atoms with E-state index in [1.807, 2.05) is 0 Å². The predicted octanol–water partition coefficient (Wildman–Crippen LogP) is 2.98. The van der Waals surface area contributed by atoms with E-state index in [0.717, 1.165) is 44.9 Å². The molecular formula is C15H31NO2. The third kappa shape index (κ3) is 7.34. The number of rotatable bonds is 8. The topological polar surface area (TPSA) is 30.5 Å². The molecule has 0 aromatic carbocycles. The molecule has 2 unspecified atom stereocenters. The van der Waals surface area contributed by atoms with Gasteiger partial charge in [0.25, 0.3) is 0 Å². The second-order valence-corrected chi connectivity index (χ2v) is 6.03. The normalized spacial score (nSPS) is 28.8. The van der Waals surface area contributed by atoms with Crippen molar-refractivity contribution in [2.75, 3.05) is 19.7 Å². The van der Waals surface area contributed by atoms with E-state index in [2.05, 4.69) is 33.0 Å². The van der Waals surface area contributed by atoms with Gasteiger partial charge < -0.3 is 14.8 Å². The Morgan fingerprint density at radius 3 is 2.44 bits per heavy atom. The molecule has 1 heterocycles. The number of unbranched alkanes of at least 4 members (excludes halogenated alkanes) is 1. The molecule has 0 spiro atoms. The van der Waals surface area contributed by atoms with Gasteiger partial charge in [0.15, 0.2) is 0 Å². The minimum atomic E-state index is 0.353. The lowest BCUT2D eigenvalue weighted by atomic mass is 10.0. The highest BCUT2D eigenvalue weighted by Gasteiger charge is 2.24. The van der Waals surface area contributed by atoms with Gasteiger partial charge in [0.2, 0.25) is 0 Å². The van der Waals surface area contributed by atoms with Gasteiger partial charge in [0.05, 0.1) is 18.3 Å². The van der Waals surface area contributed by atoms with E-state index >= 15 is 0 Å². The van der Waals surface area contributed by atoms with Crippen molar-refractivity contribution in [1.29, 1.82) is 0 Å². The predicted molar refractivity (Wildman–Crippen MR) is 75.9 cm³/mol. The first-order valence-electron chi connectivity index (χ1n) is 7.55. The Balaban J connectivity index is 1.94. The van der Waals surface area contributed by atoms with Crippen LogP contribution in [0.25, 0.3) is 0 Å². The number of hydrogen-bond donors (Lipinski definition) is 1. The molecule has 1 N–H and O–H groups in total. The Morgan fingerprint density at radius 1 is 1.17 bits per heavy atom. The largest absolute Gasteiger partial charge is 0.378 e. The van der Waals surface area contributed by atoms with Gasteiger partial charge >= 0.3 is 0 Å². The van der Waals surface area contributed by atoms with Crippen molar-refractivity contribution in [3.8, 4) is 0 Å². The van der Waals surface area contributed by atoms with Gasteiger partial charge in [-0.3, -0.25) is 0 Å². The van der Waals surface area contributed by atoms with E-state index in [9.17, 15) is 0 Å². The quantitative estimate of drug-likeness (QED) is 0.678. The molecular weight excluding hydrogens is 226 g/mol. The standard InChI is InChI=1S/C15H31NO2/c1-12(2)11-16-7-5-6-8-17-15-9-13(3)18-14(4)10-15/h12-16H,5-11H2,1-4H3. The van der Waals surface area contributed by atoms with Crippen LogP contribution >= 0.6 is 0 Å². The molecule has 2 atom stereocenters. The minimum absolute atomic E-state index is 0.353.